The summed E-state index contributed by atoms with van der Waals surface area (Å²) in [5.41, 5.74) is 0.971. The summed E-state index contributed by atoms with van der Waals surface area (Å²) in [7, 11) is 0. The van der Waals surface area contributed by atoms with Crippen molar-refractivity contribution in [2.45, 2.75) is 32.5 Å². The Morgan fingerprint density at radius 3 is 2.20 bits per heavy atom. The standard InChI is InChI=1S/C15H16O5/c1-15(2)19-13(17)12(14(18)20-15)11(16)9-8-10-6-4-3-5-7-10/h3-7,12H,8-9H2,1-2H3. The SMILES string of the molecule is CC1(C)OC(=O)C(C(=O)CCc2ccccc2)C(=O)O1. The largest absolute Gasteiger partial charge is 0.422 e. The van der Waals surface area contributed by atoms with Crippen LogP contribution in [0.5, 0.6) is 0 Å². The summed E-state index contributed by atoms with van der Waals surface area (Å²) in [6, 6.07) is 9.38. The summed E-state index contributed by atoms with van der Waals surface area (Å²) >= 11 is 0. The molecule has 1 heterocycles. The molecular formula is C15H16O5. The molecule has 1 aromatic rings. The maximum atomic E-state index is 12.0. The molecule has 0 aliphatic carbocycles. The summed E-state index contributed by atoms with van der Waals surface area (Å²) in [5, 5.41) is 0. The van der Waals surface area contributed by atoms with Gasteiger partial charge < -0.3 is 9.47 Å². The predicted octanol–water partition coefficient (Wildman–Crippen LogP) is 1.64. The van der Waals surface area contributed by atoms with Crippen molar-refractivity contribution < 1.29 is 23.9 Å². The first kappa shape index (κ1) is 14.2. The molecule has 0 radical (unpaired) electrons. The van der Waals surface area contributed by atoms with Crippen LogP contribution in [0.25, 0.3) is 0 Å². The van der Waals surface area contributed by atoms with Crippen LogP contribution in [0, 0.1) is 5.92 Å². The van der Waals surface area contributed by atoms with Crippen LogP contribution in [0.1, 0.15) is 25.8 Å². The number of cyclic esters (lactones) is 2. The zero-order valence-corrected chi connectivity index (χ0v) is 11.4. The van der Waals surface area contributed by atoms with Gasteiger partial charge in [0.15, 0.2) is 5.78 Å². The number of hydrogen-bond donors (Lipinski definition) is 0. The first-order valence-electron chi connectivity index (χ1n) is 6.41. The van der Waals surface area contributed by atoms with E-state index < -0.39 is 29.4 Å². The van der Waals surface area contributed by atoms with Crippen molar-refractivity contribution in [3.63, 3.8) is 0 Å². The van der Waals surface area contributed by atoms with Gasteiger partial charge in [-0.25, -0.2) is 0 Å². The molecule has 1 aromatic carbocycles. The summed E-state index contributed by atoms with van der Waals surface area (Å²) in [5.74, 6) is -4.88. The molecule has 1 aliphatic heterocycles. The summed E-state index contributed by atoms with van der Waals surface area (Å²) < 4.78 is 9.85. The Balaban J connectivity index is 1.99. The quantitative estimate of drug-likeness (QED) is 0.617. The fourth-order valence-electron chi connectivity index (χ4n) is 2.04. The molecule has 1 aliphatic rings. The maximum absolute atomic E-state index is 12.0. The van der Waals surface area contributed by atoms with Gasteiger partial charge in [0.05, 0.1) is 0 Å². The van der Waals surface area contributed by atoms with Gasteiger partial charge in [-0.3, -0.25) is 14.4 Å². The molecule has 0 N–H and O–H groups in total. The molecule has 0 unspecified atom stereocenters. The van der Waals surface area contributed by atoms with E-state index in [9.17, 15) is 14.4 Å². The van der Waals surface area contributed by atoms with Gasteiger partial charge in [-0.1, -0.05) is 30.3 Å². The van der Waals surface area contributed by atoms with Crippen molar-refractivity contribution in [1.82, 2.24) is 0 Å². The highest BCUT2D eigenvalue weighted by atomic mass is 16.7. The molecule has 106 valence electrons. The number of ketones is 1. The number of benzene rings is 1. The second kappa shape index (κ2) is 5.45. The fourth-order valence-corrected chi connectivity index (χ4v) is 2.04. The number of rotatable bonds is 4. The van der Waals surface area contributed by atoms with Gasteiger partial charge in [0, 0.05) is 20.3 Å². The van der Waals surface area contributed by atoms with E-state index in [0.29, 0.717) is 6.42 Å². The van der Waals surface area contributed by atoms with Crippen LogP contribution in [0.15, 0.2) is 30.3 Å². The molecule has 20 heavy (non-hydrogen) atoms. The van der Waals surface area contributed by atoms with Crippen molar-refractivity contribution in [2.75, 3.05) is 0 Å². The lowest BCUT2D eigenvalue weighted by atomic mass is 9.97. The molecule has 0 spiro atoms. The highest BCUT2D eigenvalue weighted by Crippen LogP contribution is 2.24. The van der Waals surface area contributed by atoms with Crippen molar-refractivity contribution in [2.24, 2.45) is 5.92 Å². The van der Waals surface area contributed by atoms with Crippen LogP contribution in [0.2, 0.25) is 0 Å². The number of carbonyl (C=O) groups excluding carboxylic acids is 3. The molecule has 0 amide bonds. The number of aryl methyl sites for hydroxylation is 1. The minimum Gasteiger partial charge on any atom is -0.422 e. The Bertz CT molecular complexity index is 512. The van der Waals surface area contributed by atoms with Gasteiger partial charge in [0.1, 0.15) is 0 Å². The topological polar surface area (TPSA) is 69.7 Å². The third kappa shape index (κ3) is 3.23. The van der Waals surface area contributed by atoms with Gasteiger partial charge in [0.25, 0.3) is 5.79 Å². The maximum Gasteiger partial charge on any atom is 0.331 e. The normalized spacial score (nSPS) is 18.3. The number of esters is 2. The van der Waals surface area contributed by atoms with E-state index >= 15 is 0 Å². The Kier molecular flexibility index (Phi) is 3.88. The minimum atomic E-state index is -1.45. The third-order valence-electron chi connectivity index (χ3n) is 2.99. The summed E-state index contributed by atoms with van der Waals surface area (Å²) in [6.45, 7) is 2.90. The average Bonchev–Trinajstić information content (AvgIpc) is 2.35. The van der Waals surface area contributed by atoms with Crippen LogP contribution >= 0.6 is 0 Å². The average molecular weight is 276 g/mol. The molecule has 0 atom stereocenters. The van der Waals surface area contributed by atoms with E-state index in [4.69, 9.17) is 9.47 Å². The first-order chi connectivity index (χ1) is 9.39. The Morgan fingerprint density at radius 2 is 1.65 bits per heavy atom. The van der Waals surface area contributed by atoms with Crippen LogP contribution in [-0.4, -0.2) is 23.5 Å². The van der Waals surface area contributed by atoms with Crippen molar-refractivity contribution in [3.8, 4) is 0 Å². The Morgan fingerprint density at radius 1 is 1.10 bits per heavy atom. The molecular weight excluding hydrogens is 260 g/mol. The van der Waals surface area contributed by atoms with Gasteiger partial charge in [-0.05, 0) is 12.0 Å². The molecule has 5 nitrogen and oxygen atoms in total. The van der Waals surface area contributed by atoms with E-state index in [-0.39, 0.29) is 6.42 Å². The van der Waals surface area contributed by atoms with E-state index in [1.807, 2.05) is 30.3 Å². The highest BCUT2D eigenvalue weighted by Gasteiger charge is 2.46. The zero-order chi connectivity index (χ0) is 14.8. The Hall–Kier alpha value is -2.17. The smallest absolute Gasteiger partial charge is 0.331 e. The zero-order valence-electron chi connectivity index (χ0n) is 11.4. The predicted molar refractivity (Wildman–Crippen MR) is 69.5 cm³/mol. The lowest BCUT2D eigenvalue weighted by molar-refractivity contribution is -0.238. The van der Waals surface area contributed by atoms with E-state index in [0.717, 1.165) is 5.56 Å². The third-order valence-corrected chi connectivity index (χ3v) is 2.99. The molecule has 1 fully saturated rings. The molecule has 5 heteroatoms. The van der Waals surface area contributed by atoms with Crippen LogP contribution < -0.4 is 0 Å². The minimum absolute atomic E-state index is 0.0965. The lowest BCUT2D eigenvalue weighted by Gasteiger charge is -2.32. The van der Waals surface area contributed by atoms with Crippen molar-refractivity contribution >= 4 is 17.7 Å². The van der Waals surface area contributed by atoms with Gasteiger partial charge in [-0.15, -0.1) is 0 Å². The van der Waals surface area contributed by atoms with E-state index in [2.05, 4.69) is 0 Å². The lowest BCUT2D eigenvalue weighted by Crippen LogP contribution is -2.49. The van der Waals surface area contributed by atoms with Crippen molar-refractivity contribution in [3.05, 3.63) is 35.9 Å². The monoisotopic (exact) mass is 276 g/mol. The van der Waals surface area contributed by atoms with Crippen LogP contribution in [0.3, 0.4) is 0 Å². The Labute approximate surface area is 116 Å². The van der Waals surface area contributed by atoms with Crippen LogP contribution in [-0.2, 0) is 30.3 Å². The van der Waals surface area contributed by atoms with Gasteiger partial charge in [-0.2, -0.15) is 0 Å². The number of Topliss-reactive ketones (excluding diaryl/α,β-unsaturated/α-hetero) is 1. The van der Waals surface area contributed by atoms with Crippen molar-refractivity contribution in [1.29, 1.82) is 0 Å². The summed E-state index contributed by atoms with van der Waals surface area (Å²) in [4.78, 5) is 35.5. The number of ether oxygens (including phenoxy) is 2. The van der Waals surface area contributed by atoms with Gasteiger partial charge in [0.2, 0.25) is 5.92 Å². The fraction of sp³-hybridized carbons (Fsp3) is 0.400. The first-order valence-corrected chi connectivity index (χ1v) is 6.41. The molecule has 2 rings (SSSR count). The second-order valence-electron chi connectivity index (χ2n) is 5.13. The van der Waals surface area contributed by atoms with E-state index in [1.165, 1.54) is 13.8 Å². The number of hydrogen-bond acceptors (Lipinski definition) is 5. The second-order valence-corrected chi connectivity index (χ2v) is 5.13. The number of carbonyl (C=O) groups is 3. The van der Waals surface area contributed by atoms with Gasteiger partial charge >= 0.3 is 11.9 Å². The molecule has 1 saturated heterocycles. The highest BCUT2D eigenvalue weighted by molar-refractivity contribution is 6.15. The molecule has 0 bridgehead atoms. The van der Waals surface area contributed by atoms with Crippen LogP contribution in [0.4, 0.5) is 0 Å². The molecule has 0 aromatic heterocycles. The summed E-state index contributed by atoms with van der Waals surface area (Å²) in [6.07, 6.45) is 0.569. The molecule has 0 saturated carbocycles. The van der Waals surface area contributed by atoms with E-state index in [1.54, 1.807) is 0 Å².